The van der Waals surface area contributed by atoms with E-state index in [0.717, 1.165) is 36.6 Å². The van der Waals surface area contributed by atoms with Gasteiger partial charge in [0.25, 0.3) is 0 Å². The van der Waals surface area contributed by atoms with Gasteiger partial charge in [-0.25, -0.2) is 0 Å². The third-order valence-electron chi connectivity index (χ3n) is 4.52. The summed E-state index contributed by atoms with van der Waals surface area (Å²) in [6.07, 6.45) is 7.18. The van der Waals surface area contributed by atoms with Gasteiger partial charge in [-0.05, 0) is 51.0 Å². The van der Waals surface area contributed by atoms with Gasteiger partial charge in [0.05, 0.1) is 16.4 Å². The second kappa shape index (κ2) is 6.76. The molecule has 0 radical (unpaired) electrons. The Hall–Kier alpha value is -0.540. The van der Waals surface area contributed by atoms with Crippen molar-refractivity contribution >= 4 is 11.6 Å². The summed E-state index contributed by atoms with van der Waals surface area (Å²) in [4.78, 5) is 0. The van der Waals surface area contributed by atoms with Crippen LogP contribution in [-0.2, 0) is 19.4 Å². The topological polar surface area (TPSA) is 43.8 Å². The Kier molecular flexibility index (Phi) is 5.28. The molecule has 2 unspecified atom stereocenters. The number of rotatable bonds is 5. The van der Waals surface area contributed by atoms with E-state index in [1.165, 1.54) is 31.4 Å². The maximum atomic E-state index is 6.50. The van der Waals surface area contributed by atoms with E-state index in [9.17, 15) is 0 Å². The van der Waals surface area contributed by atoms with Crippen molar-refractivity contribution < 1.29 is 0 Å². The van der Waals surface area contributed by atoms with E-state index in [4.69, 9.17) is 17.3 Å². The highest BCUT2D eigenvalue weighted by Crippen LogP contribution is 2.34. The summed E-state index contributed by atoms with van der Waals surface area (Å²) in [5.41, 5.74) is 8.20. The molecule has 2 atom stereocenters. The average molecular weight is 284 g/mol. The number of halogens is 1. The first kappa shape index (κ1) is 14.9. The third kappa shape index (κ3) is 3.14. The molecule has 19 heavy (non-hydrogen) atoms. The van der Waals surface area contributed by atoms with Gasteiger partial charge in [0.1, 0.15) is 0 Å². The minimum Gasteiger partial charge on any atom is -0.330 e. The molecule has 1 aromatic rings. The molecular weight excluding hydrogens is 258 g/mol. The first-order valence-corrected chi connectivity index (χ1v) is 8.03. The molecule has 3 nitrogen and oxygen atoms in total. The number of hydrogen-bond acceptors (Lipinski definition) is 2. The van der Waals surface area contributed by atoms with Gasteiger partial charge >= 0.3 is 0 Å². The third-order valence-corrected chi connectivity index (χ3v) is 4.96. The van der Waals surface area contributed by atoms with E-state index in [0.29, 0.717) is 11.8 Å². The number of nitrogens with zero attached hydrogens (tertiary/aromatic N) is 2. The molecule has 1 fully saturated rings. The summed E-state index contributed by atoms with van der Waals surface area (Å²) < 4.78 is 2.09. The van der Waals surface area contributed by atoms with Gasteiger partial charge in [-0.3, -0.25) is 4.68 Å². The summed E-state index contributed by atoms with van der Waals surface area (Å²) in [6.45, 7) is 5.95. The van der Waals surface area contributed by atoms with E-state index in [1.54, 1.807) is 0 Å². The number of aryl methyl sites for hydroxylation is 2. The molecule has 0 spiro atoms. The molecule has 0 aromatic carbocycles. The summed E-state index contributed by atoms with van der Waals surface area (Å²) in [5.74, 6) is 1.35. The lowest BCUT2D eigenvalue weighted by molar-refractivity contribution is 0.238. The fourth-order valence-corrected chi connectivity index (χ4v) is 3.67. The van der Waals surface area contributed by atoms with Gasteiger partial charge in [0, 0.05) is 6.54 Å². The normalized spacial score (nSPS) is 23.8. The minimum atomic E-state index is 0.662. The minimum absolute atomic E-state index is 0.662. The van der Waals surface area contributed by atoms with Gasteiger partial charge in [0.2, 0.25) is 0 Å². The van der Waals surface area contributed by atoms with Crippen molar-refractivity contribution in [2.24, 2.45) is 17.6 Å². The van der Waals surface area contributed by atoms with Crippen molar-refractivity contribution in [3.05, 3.63) is 16.4 Å². The Morgan fingerprint density at radius 3 is 2.53 bits per heavy atom. The first-order chi connectivity index (χ1) is 9.21. The van der Waals surface area contributed by atoms with Crippen molar-refractivity contribution in [1.29, 1.82) is 0 Å². The molecular formula is C15H26ClN3. The van der Waals surface area contributed by atoms with Crippen molar-refractivity contribution in [2.75, 3.05) is 6.54 Å². The predicted molar refractivity (Wildman–Crippen MR) is 80.5 cm³/mol. The molecule has 1 heterocycles. The number of nitrogens with two attached hydrogens (primary N) is 1. The van der Waals surface area contributed by atoms with Crippen LogP contribution in [0.15, 0.2) is 0 Å². The van der Waals surface area contributed by atoms with Crippen LogP contribution >= 0.6 is 11.6 Å². The maximum absolute atomic E-state index is 6.50. The van der Waals surface area contributed by atoms with E-state index in [-0.39, 0.29) is 0 Å². The monoisotopic (exact) mass is 283 g/mol. The van der Waals surface area contributed by atoms with Gasteiger partial charge in [0.15, 0.2) is 0 Å². The van der Waals surface area contributed by atoms with Crippen LogP contribution in [0.5, 0.6) is 0 Å². The Labute approximate surface area is 121 Å². The molecule has 1 saturated carbocycles. The summed E-state index contributed by atoms with van der Waals surface area (Å²) >= 11 is 6.50. The molecule has 4 heteroatoms. The van der Waals surface area contributed by atoms with Crippen LogP contribution in [0.2, 0.25) is 5.02 Å². The Morgan fingerprint density at radius 1 is 1.26 bits per heavy atom. The lowest BCUT2D eigenvalue weighted by Crippen LogP contribution is -2.28. The second-order valence-corrected chi connectivity index (χ2v) is 6.00. The highest BCUT2D eigenvalue weighted by Gasteiger charge is 2.27. The lowest BCUT2D eigenvalue weighted by Gasteiger charge is -2.30. The zero-order chi connectivity index (χ0) is 13.8. The van der Waals surface area contributed by atoms with Crippen LogP contribution in [0.25, 0.3) is 0 Å². The highest BCUT2D eigenvalue weighted by atomic mass is 35.5. The zero-order valence-electron chi connectivity index (χ0n) is 12.2. The summed E-state index contributed by atoms with van der Waals surface area (Å²) in [7, 11) is 0. The van der Waals surface area contributed by atoms with Crippen LogP contribution in [0.1, 0.15) is 50.9 Å². The first-order valence-electron chi connectivity index (χ1n) is 7.65. The van der Waals surface area contributed by atoms with Crippen LogP contribution in [0.3, 0.4) is 0 Å². The molecule has 0 bridgehead atoms. The number of aromatic nitrogens is 2. The van der Waals surface area contributed by atoms with Gasteiger partial charge in [-0.15, -0.1) is 0 Å². The smallest absolute Gasteiger partial charge is 0.0849 e. The van der Waals surface area contributed by atoms with Crippen molar-refractivity contribution in [3.63, 3.8) is 0 Å². The Balaban J connectivity index is 2.19. The molecule has 1 aliphatic carbocycles. The van der Waals surface area contributed by atoms with Crippen LogP contribution in [-0.4, -0.2) is 16.3 Å². The lowest BCUT2D eigenvalue weighted by atomic mass is 9.77. The van der Waals surface area contributed by atoms with Crippen molar-refractivity contribution in [2.45, 2.75) is 58.9 Å². The number of hydrogen-bond donors (Lipinski definition) is 1. The van der Waals surface area contributed by atoms with E-state index < -0.39 is 0 Å². The molecule has 2 rings (SSSR count). The zero-order valence-corrected chi connectivity index (χ0v) is 12.9. The van der Waals surface area contributed by atoms with Crippen molar-refractivity contribution in [1.82, 2.24) is 9.78 Å². The Morgan fingerprint density at radius 2 is 1.95 bits per heavy atom. The second-order valence-electron chi connectivity index (χ2n) is 5.62. The van der Waals surface area contributed by atoms with Crippen LogP contribution in [0.4, 0.5) is 0 Å². The molecule has 2 N–H and O–H groups in total. The molecule has 1 aromatic heterocycles. The average Bonchev–Trinajstić information content (AvgIpc) is 2.76. The Bertz CT molecular complexity index is 414. The van der Waals surface area contributed by atoms with Crippen LogP contribution < -0.4 is 5.73 Å². The fraction of sp³-hybridized carbons (Fsp3) is 0.800. The van der Waals surface area contributed by atoms with Crippen LogP contribution in [0, 0.1) is 11.8 Å². The SMILES string of the molecule is CCc1nn(CC)c(CC2CCCCC2CN)c1Cl. The van der Waals surface area contributed by atoms with E-state index in [2.05, 4.69) is 23.6 Å². The maximum Gasteiger partial charge on any atom is 0.0849 e. The van der Waals surface area contributed by atoms with Gasteiger partial charge in [-0.1, -0.05) is 31.4 Å². The molecule has 0 saturated heterocycles. The molecule has 0 aliphatic heterocycles. The van der Waals surface area contributed by atoms with Gasteiger partial charge < -0.3 is 5.73 Å². The largest absolute Gasteiger partial charge is 0.330 e. The van der Waals surface area contributed by atoms with E-state index in [1.807, 2.05) is 0 Å². The fourth-order valence-electron chi connectivity index (χ4n) is 3.32. The molecule has 1 aliphatic rings. The standard InChI is InChI=1S/C15H26ClN3/c1-3-13-15(16)14(19(4-2)18-13)9-11-7-5-6-8-12(11)10-17/h11-12H,3-10,17H2,1-2H3. The molecule has 0 amide bonds. The van der Waals surface area contributed by atoms with Crippen molar-refractivity contribution in [3.8, 4) is 0 Å². The van der Waals surface area contributed by atoms with Gasteiger partial charge in [-0.2, -0.15) is 5.10 Å². The summed E-state index contributed by atoms with van der Waals surface area (Å²) in [6, 6.07) is 0. The predicted octanol–water partition coefficient (Wildman–Crippen LogP) is 3.43. The highest BCUT2D eigenvalue weighted by molar-refractivity contribution is 6.31. The van der Waals surface area contributed by atoms with E-state index >= 15 is 0 Å². The molecule has 108 valence electrons. The summed E-state index contributed by atoms with van der Waals surface area (Å²) in [5, 5.41) is 5.51. The quantitative estimate of drug-likeness (QED) is 0.900.